The Labute approximate surface area is 147 Å². The molecular weight excluding hydrogens is 346 g/mol. The largest absolute Gasteiger partial charge is 0.461 e. The lowest BCUT2D eigenvalue weighted by molar-refractivity contribution is -0.145. The van der Waals surface area contributed by atoms with Crippen LogP contribution in [0.25, 0.3) is 11.3 Å². The van der Waals surface area contributed by atoms with Crippen molar-refractivity contribution in [2.45, 2.75) is 33.3 Å². The highest BCUT2D eigenvalue weighted by atomic mass is 19.1. The Morgan fingerprint density at radius 2 is 2.08 bits per heavy atom. The third-order valence-corrected chi connectivity index (χ3v) is 3.85. The second-order valence-electron chi connectivity index (χ2n) is 5.71. The highest BCUT2D eigenvalue weighted by molar-refractivity contribution is 5.69. The number of aryl methyl sites for hydroxylation is 3. The minimum absolute atomic E-state index is 0.0508. The van der Waals surface area contributed by atoms with Gasteiger partial charge in [-0.05, 0) is 26.0 Å². The quantitative estimate of drug-likeness (QED) is 0.619. The van der Waals surface area contributed by atoms with E-state index in [1.165, 1.54) is 12.3 Å². The molecule has 0 atom stereocenters. The number of carbonyl (C=O) groups excluding carboxylic acids is 1. The Morgan fingerprint density at radius 1 is 1.27 bits per heavy atom. The Morgan fingerprint density at radius 3 is 2.77 bits per heavy atom. The molecule has 2 aromatic heterocycles. The number of carbonyl (C=O) groups is 1. The van der Waals surface area contributed by atoms with Crippen LogP contribution in [0.15, 0.2) is 33.3 Å². The molecule has 0 aliphatic heterocycles. The zero-order chi connectivity index (χ0) is 18.7. The van der Waals surface area contributed by atoms with Crippen LogP contribution in [-0.4, -0.2) is 16.1 Å². The van der Waals surface area contributed by atoms with Crippen molar-refractivity contribution in [3.63, 3.8) is 0 Å². The molecule has 0 saturated carbocycles. The van der Waals surface area contributed by atoms with E-state index >= 15 is 0 Å². The number of esters is 1. The number of hydrogen-bond donors (Lipinski definition) is 0. The van der Waals surface area contributed by atoms with Gasteiger partial charge in [0.15, 0.2) is 11.7 Å². The molecule has 26 heavy (non-hydrogen) atoms. The molecule has 136 valence electrons. The molecule has 0 spiro atoms. The number of oxazole rings is 1. The van der Waals surface area contributed by atoms with E-state index in [2.05, 4.69) is 10.1 Å². The van der Waals surface area contributed by atoms with Gasteiger partial charge in [-0.3, -0.25) is 4.79 Å². The first-order chi connectivity index (χ1) is 12.4. The minimum Gasteiger partial charge on any atom is -0.461 e. The van der Waals surface area contributed by atoms with Gasteiger partial charge in [-0.15, -0.1) is 0 Å². The summed E-state index contributed by atoms with van der Waals surface area (Å²) in [6.07, 6.45) is 1.58. The van der Waals surface area contributed by atoms with Crippen molar-refractivity contribution in [1.29, 1.82) is 0 Å². The monoisotopic (exact) mass is 362 g/mol. The van der Waals surface area contributed by atoms with Crippen molar-refractivity contribution in [3.05, 3.63) is 58.9 Å². The van der Waals surface area contributed by atoms with Crippen LogP contribution in [-0.2, 0) is 22.6 Å². The maximum absolute atomic E-state index is 13.7. The number of nitrogens with zero attached hydrogens (tertiary/aromatic N) is 2. The number of rotatable bonds is 6. The molecule has 0 aliphatic rings. The number of ether oxygens (including phenoxy) is 1. The van der Waals surface area contributed by atoms with Gasteiger partial charge in [0.05, 0.1) is 29.4 Å². The van der Waals surface area contributed by atoms with Crippen LogP contribution in [0.5, 0.6) is 0 Å². The third kappa shape index (κ3) is 3.96. The lowest BCUT2D eigenvalue weighted by Gasteiger charge is -2.03. The number of hydrogen-bond acceptors (Lipinski definition) is 6. The van der Waals surface area contributed by atoms with Gasteiger partial charge in [0.25, 0.3) is 0 Å². The summed E-state index contributed by atoms with van der Waals surface area (Å²) in [6, 6.07) is 3.17. The van der Waals surface area contributed by atoms with Gasteiger partial charge in [-0.1, -0.05) is 5.16 Å². The normalized spacial score (nSPS) is 10.9. The summed E-state index contributed by atoms with van der Waals surface area (Å²) in [4.78, 5) is 15.9. The van der Waals surface area contributed by atoms with Crippen molar-refractivity contribution in [1.82, 2.24) is 10.1 Å². The first kappa shape index (κ1) is 17.8. The molecule has 0 amide bonds. The molecule has 3 rings (SSSR count). The Balaban J connectivity index is 1.55. The number of halogens is 2. The van der Waals surface area contributed by atoms with Gasteiger partial charge in [0.1, 0.15) is 24.0 Å². The fourth-order valence-electron chi connectivity index (χ4n) is 2.38. The van der Waals surface area contributed by atoms with E-state index in [0.717, 1.165) is 17.7 Å². The molecule has 0 unspecified atom stereocenters. The SMILES string of the molecule is Cc1noc(C)c1COC(=O)CCc1ncc(-c2ccc(F)cc2F)o1. The highest BCUT2D eigenvalue weighted by Gasteiger charge is 2.15. The van der Waals surface area contributed by atoms with Crippen molar-refractivity contribution in [3.8, 4) is 11.3 Å². The molecule has 0 aliphatic carbocycles. The molecule has 0 N–H and O–H groups in total. The van der Waals surface area contributed by atoms with Crippen LogP contribution in [0.4, 0.5) is 8.78 Å². The first-order valence-electron chi connectivity index (χ1n) is 7.91. The van der Waals surface area contributed by atoms with Gasteiger partial charge in [0, 0.05) is 12.5 Å². The van der Waals surface area contributed by atoms with Crippen LogP contribution < -0.4 is 0 Å². The lowest BCUT2D eigenvalue weighted by Crippen LogP contribution is -2.06. The van der Waals surface area contributed by atoms with E-state index < -0.39 is 17.6 Å². The summed E-state index contributed by atoms with van der Waals surface area (Å²) in [6.45, 7) is 3.59. The van der Waals surface area contributed by atoms with Crippen LogP contribution >= 0.6 is 0 Å². The minimum atomic E-state index is -0.744. The maximum Gasteiger partial charge on any atom is 0.306 e. The number of benzene rings is 1. The average molecular weight is 362 g/mol. The second kappa shape index (κ2) is 7.47. The van der Waals surface area contributed by atoms with Crippen LogP contribution in [0.3, 0.4) is 0 Å². The van der Waals surface area contributed by atoms with Gasteiger partial charge < -0.3 is 13.7 Å². The van der Waals surface area contributed by atoms with E-state index in [1.54, 1.807) is 13.8 Å². The Hall–Kier alpha value is -3.03. The Bertz CT molecular complexity index is 914. The summed E-state index contributed by atoms with van der Waals surface area (Å²) in [5, 5.41) is 3.79. The summed E-state index contributed by atoms with van der Waals surface area (Å²) >= 11 is 0. The first-order valence-corrected chi connectivity index (χ1v) is 7.91. The summed E-state index contributed by atoms with van der Waals surface area (Å²) < 4.78 is 42.3. The second-order valence-corrected chi connectivity index (χ2v) is 5.71. The fourth-order valence-corrected chi connectivity index (χ4v) is 2.38. The smallest absolute Gasteiger partial charge is 0.306 e. The van der Waals surface area contributed by atoms with Crippen molar-refractivity contribution in [2.75, 3.05) is 0 Å². The predicted octanol–water partition coefficient (Wildman–Crippen LogP) is 3.90. The third-order valence-electron chi connectivity index (χ3n) is 3.85. The highest BCUT2D eigenvalue weighted by Crippen LogP contribution is 2.24. The molecule has 6 nitrogen and oxygen atoms in total. The molecule has 2 heterocycles. The van der Waals surface area contributed by atoms with Crippen molar-refractivity contribution < 1.29 is 27.3 Å². The van der Waals surface area contributed by atoms with Crippen LogP contribution in [0, 0.1) is 25.5 Å². The fraction of sp³-hybridized carbons (Fsp3) is 0.278. The summed E-state index contributed by atoms with van der Waals surface area (Å²) in [7, 11) is 0. The Kier molecular flexibility index (Phi) is 5.11. The molecule has 8 heteroatoms. The van der Waals surface area contributed by atoms with Crippen molar-refractivity contribution in [2.24, 2.45) is 0 Å². The van der Waals surface area contributed by atoms with E-state index in [9.17, 15) is 13.6 Å². The van der Waals surface area contributed by atoms with E-state index in [1.807, 2.05) is 0 Å². The molecule has 1 aromatic carbocycles. The van der Waals surface area contributed by atoms with E-state index in [-0.39, 0.29) is 36.7 Å². The van der Waals surface area contributed by atoms with Crippen LogP contribution in [0.1, 0.15) is 29.3 Å². The maximum atomic E-state index is 13.7. The standard InChI is InChI=1S/C18H16F2N2O4/c1-10-14(11(2)26-22-10)9-24-18(23)6-5-17-21-8-16(25-17)13-4-3-12(19)7-15(13)20/h3-4,7-8H,5-6,9H2,1-2H3. The topological polar surface area (TPSA) is 78.4 Å². The lowest BCUT2D eigenvalue weighted by atomic mass is 10.2. The molecular formula is C18H16F2N2O4. The van der Waals surface area contributed by atoms with Gasteiger partial charge in [-0.2, -0.15) is 0 Å². The molecule has 0 saturated heterocycles. The molecule has 0 fully saturated rings. The molecule has 3 aromatic rings. The van der Waals surface area contributed by atoms with E-state index in [4.69, 9.17) is 13.7 Å². The number of aromatic nitrogens is 2. The zero-order valence-electron chi connectivity index (χ0n) is 14.2. The van der Waals surface area contributed by atoms with Crippen LogP contribution in [0.2, 0.25) is 0 Å². The van der Waals surface area contributed by atoms with Gasteiger partial charge in [0.2, 0.25) is 0 Å². The van der Waals surface area contributed by atoms with Crippen molar-refractivity contribution >= 4 is 5.97 Å². The van der Waals surface area contributed by atoms with E-state index in [0.29, 0.717) is 11.5 Å². The zero-order valence-corrected chi connectivity index (χ0v) is 14.2. The van der Waals surface area contributed by atoms with Gasteiger partial charge in [-0.25, -0.2) is 13.8 Å². The van der Waals surface area contributed by atoms with Gasteiger partial charge >= 0.3 is 5.97 Å². The molecule has 0 radical (unpaired) electrons. The summed E-state index contributed by atoms with van der Waals surface area (Å²) in [5.74, 6) is -0.815. The predicted molar refractivity (Wildman–Crippen MR) is 85.9 cm³/mol. The average Bonchev–Trinajstić information content (AvgIpc) is 3.18. The summed E-state index contributed by atoms with van der Waals surface area (Å²) in [5.41, 5.74) is 1.52. The molecule has 0 bridgehead atoms.